The van der Waals surface area contributed by atoms with E-state index >= 15 is 0 Å². The second kappa shape index (κ2) is 10.2. The average molecular weight is 343 g/mol. The number of halogens is 1. The monoisotopic (exact) mass is 342 g/mol. The molecule has 0 radical (unpaired) electrons. The van der Waals surface area contributed by atoms with Gasteiger partial charge in [0.25, 0.3) is 0 Å². The molecule has 0 amide bonds. The van der Waals surface area contributed by atoms with Crippen LogP contribution >= 0.6 is 15.9 Å². The summed E-state index contributed by atoms with van der Waals surface area (Å²) in [5.74, 6) is 0. The number of methoxy groups -OCH3 is 1. The van der Waals surface area contributed by atoms with Crippen LogP contribution < -0.4 is 10.2 Å². The molecule has 0 heterocycles. The van der Waals surface area contributed by atoms with Gasteiger partial charge in [-0.15, -0.1) is 0 Å². The molecule has 3 nitrogen and oxygen atoms in total. The Bertz CT molecular complexity index is 385. The van der Waals surface area contributed by atoms with Crippen LogP contribution in [0.3, 0.4) is 0 Å². The van der Waals surface area contributed by atoms with E-state index in [1.807, 2.05) is 0 Å². The molecule has 0 saturated carbocycles. The third-order valence-electron chi connectivity index (χ3n) is 3.34. The number of rotatable bonds is 10. The van der Waals surface area contributed by atoms with E-state index in [-0.39, 0.29) is 0 Å². The summed E-state index contributed by atoms with van der Waals surface area (Å²) in [5.41, 5.74) is 2.68. The fourth-order valence-corrected chi connectivity index (χ4v) is 2.61. The minimum atomic E-state index is 0.747. The Kier molecular flexibility index (Phi) is 8.90. The molecule has 1 aromatic rings. The van der Waals surface area contributed by atoms with Crippen molar-refractivity contribution >= 4 is 21.6 Å². The van der Waals surface area contributed by atoms with Crippen molar-refractivity contribution in [1.82, 2.24) is 5.32 Å². The normalized spacial score (nSPS) is 10.8. The summed E-state index contributed by atoms with van der Waals surface area (Å²) in [5, 5.41) is 3.43. The number of hydrogen-bond acceptors (Lipinski definition) is 3. The average Bonchev–Trinajstić information content (AvgIpc) is 2.46. The van der Waals surface area contributed by atoms with E-state index in [0.717, 1.165) is 37.3 Å². The van der Waals surface area contributed by atoms with Crippen molar-refractivity contribution in [2.75, 3.05) is 38.3 Å². The molecule has 0 fully saturated rings. The Morgan fingerprint density at radius 2 is 2.10 bits per heavy atom. The molecule has 0 aliphatic carbocycles. The van der Waals surface area contributed by atoms with Gasteiger partial charge in [-0.05, 0) is 37.1 Å². The summed E-state index contributed by atoms with van der Waals surface area (Å²) in [6.07, 6.45) is 2.47. The van der Waals surface area contributed by atoms with Crippen LogP contribution in [0.25, 0.3) is 0 Å². The smallest absolute Gasteiger partial charge is 0.0587 e. The number of benzene rings is 1. The third-order valence-corrected chi connectivity index (χ3v) is 3.84. The van der Waals surface area contributed by atoms with E-state index in [4.69, 9.17) is 4.74 Å². The molecular formula is C16H27BrN2O. The van der Waals surface area contributed by atoms with Gasteiger partial charge in [0.15, 0.2) is 0 Å². The van der Waals surface area contributed by atoms with Gasteiger partial charge in [-0.1, -0.05) is 29.3 Å². The molecule has 1 N–H and O–H groups in total. The van der Waals surface area contributed by atoms with Gasteiger partial charge in [-0.2, -0.15) is 0 Å². The number of nitrogens with one attached hydrogen (secondary N) is 1. The van der Waals surface area contributed by atoms with Crippen molar-refractivity contribution in [3.8, 4) is 0 Å². The molecule has 4 heteroatoms. The minimum Gasteiger partial charge on any atom is -0.383 e. The highest BCUT2D eigenvalue weighted by atomic mass is 79.9. The standard InChI is InChI=1S/C16H27BrN2O/c1-4-6-10-19(5-2)16-8-7-15(17)12-14(16)13-18-9-11-20-3/h7-8,12,18H,4-6,9-11,13H2,1-3H3. The molecule has 1 aromatic carbocycles. The third kappa shape index (κ3) is 5.81. The number of anilines is 1. The van der Waals surface area contributed by atoms with E-state index in [1.54, 1.807) is 7.11 Å². The predicted octanol–water partition coefficient (Wildman–Crippen LogP) is 3.81. The number of hydrogen-bond donors (Lipinski definition) is 1. The predicted molar refractivity (Wildman–Crippen MR) is 90.5 cm³/mol. The summed E-state index contributed by atoms with van der Waals surface area (Å²) in [6, 6.07) is 6.56. The first kappa shape index (κ1) is 17.5. The van der Waals surface area contributed by atoms with E-state index < -0.39 is 0 Å². The molecule has 0 saturated heterocycles. The first-order valence-electron chi connectivity index (χ1n) is 7.45. The molecule has 0 atom stereocenters. The van der Waals surface area contributed by atoms with Crippen LogP contribution in [0, 0.1) is 0 Å². The quantitative estimate of drug-likeness (QED) is 0.654. The van der Waals surface area contributed by atoms with Gasteiger partial charge in [0.2, 0.25) is 0 Å². The molecule has 0 bridgehead atoms. The van der Waals surface area contributed by atoms with Crippen LogP contribution in [0.5, 0.6) is 0 Å². The minimum absolute atomic E-state index is 0.747. The van der Waals surface area contributed by atoms with Crippen molar-refractivity contribution in [2.24, 2.45) is 0 Å². The van der Waals surface area contributed by atoms with Crippen molar-refractivity contribution in [2.45, 2.75) is 33.2 Å². The van der Waals surface area contributed by atoms with Gasteiger partial charge in [0.05, 0.1) is 6.61 Å². The maximum atomic E-state index is 5.07. The summed E-state index contributed by atoms with van der Waals surface area (Å²) in [6.45, 7) is 9.13. The number of ether oxygens (including phenoxy) is 1. The molecule has 1 rings (SSSR count). The molecule has 114 valence electrons. The molecule has 0 aliphatic heterocycles. The van der Waals surface area contributed by atoms with E-state index in [9.17, 15) is 0 Å². The second-order valence-electron chi connectivity index (χ2n) is 4.88. The molecule has 0 aliphatic rings. The van der Waals surface area contributed by atoms with Crippen molar-refractivity contribution in [3.05, 3.63) is 28.2 Å². The lowest BCUT2D eigenvalue weighted by Gasteiger charge is -2.26. The van der Waals surface area contributed by atoms with Gasteiger partial charge in [-0.3, -0.25) is 0 Å². The first-order chi connectivity index (χ1) is 9.72. The summed E-state index contributed by atoms with van der Waals surface area (Å²) < 4.78 is 6.21. The summed E-state index contributed by atoms with van der Waals surface area (Å²) >= 11 is 3.57. The van der Waals surface area contributed by atoms with Crippen LogP contribution in [-0.2, 0) is 11.3 Å². The molecular weight excluding hydrogens is 316 g/mol. The maximum absolute atomic E-state index is 5.07. The van der Waals surface area contributed by atoms with Crippen molar-refractivity contribution in [1.29, 1.82) is 0 Å². The zero-order valence-corrected chi connectivity index (χ0v) is 14.5. The van der Waals surface area contributed by atoms with E-state index in [2.05, 4.69) is 58.2 Å². The Morgan fingerprint density at radius 3 is 2.75 bits per heavy atom. The highest BCUT2D eigenvalue weighted by molar-refractivity contribution is 9.10. The van der Waals surface area contributed by atoms with Crippen molar-refractivity contribution in [3.63, 3.8) is 0 Å². The Balaban J connectivity index is 2.76. The van der Waals surface area contributed by atoms with Gasteiger partial charge in [-0.25, -0.2) is 0 Å². The lowest BCUT2D eigenvalue weighted by Crippen LogP contribution is -2.26. The molecule has 0 aromatic heterocycles. The summed E-state index contributed by atoms with van der Waals surface area (Å²) in [4.78, 5) is 2.46. The Labute approximate surface area is 131 Å². The van der Waals surface area contributed by atoms with Crippen LogP contribution in [0.15, 0.2) is 22.7 Å². The van der Waals surface area contributed by atoms with Gasteiger partial charge >= 0.3 is 0 Å². The number of nitrogens with zero attached hydrogens (tertiary/aromatic N) is 1. The van der Waals surface area contributed by atoms with E-state index in [0.29, 0.717) is 0 Å². The lowest BCUT2D eigenvalue weighted by atomic mass is 10.1. The highest BCUT2D eigenvalue weighted by Gasteiger charge is 2.09. The molecule has 0 unspecified atom stereocenters. The zero-order chi connectivity index (χ0) is 14.8. The largest absolute Gasteiger partial charge is 0.383 e. The fourth-order valence-electron chi connectivity index (χ4n) is 2.20. The Morgan fingerprint density at radius 1 is 1.30 bits per heavy atom. The van der Waals surface area contributed by atoms with E-state index in [1.165, 1.54) is 24.1 Å². The van der Waals surface area contributed by atoms with Crippen LogP contribution in [-0.4, -0.2) is 33.4 Å². The number of unbranched alkanes of at least 4 members (excludes halogenated alkanes) is 1. The van der Waals surface area contributed by atoms with Gasteiger partial charge < -0.3 is 15.0 Å². The topological polar surface area (TPSA) is 24.5 Å². The van der Waals surface area contributed by atoms with Crippen LogP contribution in [0.2, 0.25) is 0 Å². The van der Waals surface area contributed by atoms with Gasteiger partial charge in [0, 0.05) is 43.4 Å². The molecule has 0 spiro atoms. The SMILES string of the molecule is CCCCN(CC)c1ccc(Br)cc1CNCCOC. The summed E-state index contributed by atoms with van der Waals surface area (Å²) in [7, 11) is 1.73. The maximum Gasteiger partial charge on any atom is 0.0587 e. The zero-order valence-electron chi connectivity index (χ0n) is 12.9. The molecule has 20 heavy (non-hydrogen) atoms. The van der Waals surface area contributed by atoms with Crippen LogP contribution in [0.1, 0.15) is 32.3 Å². The lowest BCUT2D eigenvalue weighted by molar-refractivity contribution is 0.199. The second-order valence-corrected chi connectivity index (χ2v) is 5.79. The fraction of sp³-hybridized carbons (Fsp3) is 0.625. The van der Waals surface area contributed by atoms with Gasteiger partial charge in [0.1, 0.15) is 0 Å². The van der Waals surface area contributed by atoms with Crippen LogP contribution in [0.4, 0.5) is 5.69 Å². The first-order valence-corrected chi connectivity index (χ1v) is 8.25. The van der Waals surface area contributed by atoms with Crippen molar-refractivity contribution < 1.29 is 4.74 Å². The highest BCUT2D eigenvalue weighted by Crippen LogP contribution is 2.25. The Hall–Kier alpha value is -0.580.